The van der Waals surface area contributed by atoms with Crippen molar-refractivity contribution in [2.75, 3.05) is 5.75 Å². The molecule has 0 saturated carbocycles. The quantitative estimate of drug-likeness (QED) is 0.206. The van der Waals surface area contributed by atoms with Gasteiger partial charge < -0.3 is 5.84 Å². The van der Waals surface area contributed by atoms with Gasteiger partial charge in [-0.25, -0.2) is 0 Å². The molecule has 0 heterocycles. The minimum Gasteiger partial charge on any atom is -0.323 e. The van der Waals surface area contributed by atoms with Crippen LogP contribution in [0.1, 0.15) is 19.8 Å². The summed E-state index contributed by atoms with van der Waals surface area (Å²) in [5, 5.41) is 3.35. The van der Waals surface area contributed by atoms with E-state index < -0.39 is 0 Å². The van der Waals surface area contributed by atoms with E-state index in [0.717, 1.165) is 5.75 Å². The molecule has 2 nitrogen and oxygen atoms in total. The Hall–Kier alpha value is -0.180. The Kier molecular flexibility index (Phi) is 6.67. The van der Waals surface area contributed by atoms with Crippen LogP contribution in [0, 0.1) is 0 Å². The number of hydrazone groups is 1. The minimum atomic E-state index is 1.14. The van der Waals surface area contributed by atoms with Crippen LogP contribution in [0.3, 0.4) is 0 Å². The van der Waals surface area contributed by atoms with Crippen LogP contribution in [0.4, 0.5) is 0 Å². The summed E-state index contributed by atoms with van der Waals surface area (Å²) < 4.78 is 0. The molecule has 0 aliphatic heterocycles. The first-order chi connectivity index (χ1) is 3.91. The number of hydrogen-bond acceptors (Lipinski definition) is 3. The van der Waals surface area contributed by atoms with E-state index in [1.54, 1.807) is 17.3 Å². The van der Waals surface area contributed by atoms with Crippen LogP contribution >= 0.6 is 11.8 Å². The molecule has 3 heteroatoms. The normalized spacial score (nSPS) is 10.6. The van der Waals surface area contributed by atoms with Gasteiger partial charge in [-0.15, -0.1) is 11.8 Å². The lowest BCUT2D eigenvalue weighted by Crippen LogP contribution is -1.80. The van der Waals surface area contributed by atoms with Crippen molar-refractivity contribution in [1.82, 2.24) is 0 Å². The van der Waals surface area contributed by atoms with Crippen molar-refractivity contribution in [2.24, 2.45) is 10.9 Å². The van der Waals surface area contributed by atoms with Gasteiger partial charge in [0.1, 0.15) is 0 Å². The topological polar surface area (TPSA) is 38.4 Å². The molecule has 0 aromatic carbocycles. The first-order valence-electron chi connectivity index (χ1n) is 2.75. The standard InChI is InChI=1S/C5H12N2S/c1-2-3-4-8-5-7-6/h5H,2-4,6H2,1H3/b7-5-. The van der Waals surface area contributed by atoms with E-state index in [0.29, 0.717) is 0 Å². The summed E-state index contributed by atoms with van der Waals surface area (Å²) in [6, 6.07) is 0. The monoisotopic (exact) mass is 132 g/mol. The second-order valence-electron chi connectivity index (χ2n) is 1.48. The maximum atomic E-state index is 4.86. The molecule has 0 saturated heterocycles. The van der Waals surface area contributed by atoms with E-state index in [9.17, 15) is 0 Å². The molecular formula is C5H12N2S. The van der Waals surface area contributed by atoms with Crippen molar-refractivity contribution in [3.8, 4) is 0 Å². The first kappa shape index (κ1) is 7.82. The van der Waals surface area contributed by atoms with Gasteiger partial charge in [-0.2, -0.15) is 5.10 Å². The van der Waals surface area contributed by atoms with Crippen molar-refractivity contribution in [1.29, 1.82) is 0 Å². The Morgan fingerprint density at radius 2 is 2.50 bits per heavy atom. The van der Waals surface area contributed by atoms with Gasteiger partial charge in [-0.3, -0.25) is 0 Å². The molecule has 48 valence electrons. The SMILES string of the molecule is CCCCS/C=N\N. The zero-order chi connectivity index (χ0) is 6.24. The first-order valence-corrected chi connectivity index (χ1v) is 3.80. The summed E-state index contributed by atoms with van der Waals surface area (Å²) in [6.45, 7) is 2.17. The number of rotatable bonds is 4. The van der Waals surface area contributed by atoms with Crippen LogP contribution in [0.5, 0.6) is 0 Å². The summed E-state index contributed by atoms with van der Waals surface area (Å²) in [7, 11) is 0. The van der Waals surface area contributed by atoms with Gasteiger partial charge in [0.2, 0.25) is 0 Å². The van der Waals surface area contributed by atoms with E-state index in [4.69, 9.17) is 5.84 Å². The van der Waals surface area contributed by atoms with Crippen LogP contribution < -0.4 is 5.84 Å². The molecule has 0 unspecified atom stereocenters. The molecule has 0 bridgehead atoms. The van der Waals surface area contributed by atoms with Crippen molar-refractivity contribution in [2.45, 2.75) is 19.8 Å². The summed E-state index contributed by atoms with van der Waals surface area (Å²) in [5.74, 6) is 6.00. The maximum Gasteiger partial charge on any atom is 0.0794 e. The Morgan fingerprint density at radius 1 is 1.75 bits per heavy atom. The number of nitrogens with two attached hydrogens (primary N) is 1. The Bertz CT molecular complexity index is 63.4. The molecule has 0 amide bonds. The third-order valence-electron chi connectivity index (χ3n) is 0.751. The fourth-order valence-corrected chi connectivity index (χ4v) is 0.970. The van der Waals surface area contributed by atoms with Gasteiger partial charge in [0.15, 0.2) is 0 Å². The summed E-state index contributed by atoms with van der Waals surface area (Å²) >= 11 is 1.66. The van der Waals surface area contributed by atoms with Crippen LogP contribution in [0.2, 0.25) is 0 Å². The molecule has 0 aliphatic carbocycles. The predicted octanol–water partition coefficient (Wildman–Crippen LogP) is 1.42. The van der Waals surface area contributed by atoms with Crippen LogP contribution in [-0.4, -0.2) is 11.3 Å². The lowest BCUT2D eigenvalue weighted by molar-refractivity contribution is 0.898. The van der Waals surface area contributed by atoms with Gasteiger partial charge in [0, 0.05) is 0 Å². The van der Waals surface area contributed by atoms with Gasteiger partial charge in [-0.1, -0.05) is 13.3 Å². The largest absolute Gasteiger partial charge is 0.323 e. The molecule has 0 aliphatic rings. The van der Waals surface area contributed by atoms with Gasteiger partial charge in [0.25, 0.3) is 0 Å². The molecule has 0 radical (unpaired) electrons. The average Bonchev–Trinajstić information content (AvgIpc) is 1.81. The summed E-state index contributed by atoms with van der Waals surface area (Å²) in [4.78, 5) is 0. The number of unbranched alkanes of at least 4 members (excludes halogenated alkanes) is 1. The molecule has 8 heavy (non-hydrogen) atoms. The fourth-order valence-electron chi connectivity index (χ4n) is 0.323. The molecular weight excluding hydrogens is 120 g/mol. The minimum absolute atomic E-state index is 1.14. The molecule has 2 N–H and O–H groups in total. The number of thioether (sulfide) groups is 1. The van der Waals surface area contributed by atoms with E-state index in [1.165, 1.54) is 12.8 Å². The molecule has 0 atom stereocenters. The van der Waals surface area contributed by atoms with E-state index in [1.807, 2.05) is 0 Å². The van der Waals surface area contributed by atoms with Crippen LogP contribution in [-0.2, 0) is 0 Å². The number of hydrogen-bond donors (Lipinski definition) is 1. The molecule has 0 aromatic rings. The Balaban J connectivity index is 2.72. The zero-order valence-corrected chi connectivity index (χ0v) is 5.95. The Labute approximate surface area is 54.5 Å². The van der Waals surface area contributed by atoms with Gasteiger partial charge in [0.05, 0.1) is 5.55 Å². The van der Waals surface area contributed by atoms with Crippen molar-refractivity contribution in [3.63, 3.8) is 0 Å². The highest BCUT2D eigenvalue weighted by Crippen LogP contribution is 1.98. The van der Waals surface area contributed by atoms with Crippen LogP contribution in [0.25, 0.3) is 0 Å². The highest BCUT2D eigenvalue weighted by Gasteiger charge is 1.79. The smallest absolute Gasteiger partial charge is 0.0794 e. The molecule has 0 spiro atoms. The zero-order valence-electron chi connectivity index (χ0n) is 5.13. The average molecular weight is 132 g/mol. The lowest BCUT2D eigenvalue weighted by atomic mass is 10.4. The maximum absolute atomic E-state index is 4.86. The van der Waals surface area contributed by atoms with E-state index >= 15 is 0 Å². The molecule has 0 fully saturated rings. The van der Waals surface area contributed by atoms with Gasteiger partial charge >= 0.3 is 0 Å². The van der Waals surface area contributed by atoms with Crippen molar-refractivity contribution in [3.05, 3.63) is 0 Å². The van der Waals surface area contributed by atoms with Crippen molar-refractivity contribution >= 4 is 17.3 Å². The van der Waals surface area contributed by atoms with Crippen molar-refractivity contribution < 1.29 is 0 Å². The van der Waals surface area contributed by atoms with E-state index in [2.05, 4.69) is 12.0 Å². The summed E-state index contributed by atoms with van der Waals surface area (Å²) in [5.41, 5.74) is 1.68. The third-order valence-corrected chi connectivity index (χ3v) is 1.55. The predicted molar refractivity (Wildman–Crippen MR) is 40.0 cm³/mol. The molecule has 0 aromatic heterocycles. The Morgan fingerprint density at radius 3 is 3.00 bits per heavy atom. The van der Waals surface area contributed by atoms with E-state index in [-0.39, 0.29) is 0 Å². The van der Waals surface area contributed by atoms with Gasteiger partial charge in [-0.05, 0) is 12.2 Å². The molecule has 0 rings (SSSR count). The highest BCUT2D eigenvalue weighted by molar-refractivity contribution is 8.12. The highest BCUT2D eigenvalue weighted by atomic mass is 32.2. The summed E-state index contributed by atoms with van der Waals surface area (Å²) in [6.07, 6.45) is 2.49. The second kappa shape index (κ2) is 6.82. The number of nitrogens with zero attached hydrogens (tertiary/aromatic N) is 1. The fraction of sp³-hybridized carbons (Fsp3) is 0.800. The van der Waals surface area contributed by atoms with Crippen LogP contribution in [0.15, 0.2) is 5.10 Å². The second-order valence-corrected chi connectivity index (χ2v) is 2.43. The lowest BCUT2D eigenvalue weighted by Gasteiger charge is -1.88. The third kappa shape index (κ3) is 5.82.